The minimum atomic E-state index is -0.103. The van der Waals surface area contributed by atoms with E-state index < -0.39 is 0 Å². The molecule has 82 valence electrons. The van der Waals surface area contributed by atoms with Crippen molar-refractivity contribution in [3.05, 3.63) is 0 Å². The van der Waals surface area contributed by atoms with Gasteiger partial charge in [-0.05, 0) is 0 Å². The summed E-state index contributed by atoms with van der Waals surface area (Å²) in [5, 5.41) is 0. The lowest BCUT2D eigenvalue weighted by Crippen LogP contribution is -2.54. The second-order valence-corrected chi connectivity index (χ2v) is 3.16. The van der Waals surface area contributed by atoms with Crippen molar-refractivity contribution in [3.8, 4) is 0 Å². The maximum Gasteiger partial charge on any atom is 0.144 e. The zero-order chi connectivity index (χ0) is 9.64. The van der Waals surface area contributed by atoms with Crippen LogP contribution in [0.5, 0.6) is 0 Å². The first-order valence-corrected chi connectivity index (χ1v) is 4.85. The Morgan fingerprint density at radius 1 is 0.714 bits per heavy atom. The summed E-state index contributed by atoms with van der Waals surface area (Å²) >= 11 is 0. The van der Waals surface area contributed by atoms with E-state index in [0.717, 1.165) is 0 Å². The lowest BCUT2D eigenvalue weighted by Gasteiger charge is -2.28. The van der Waals surface area contributed by atoms with Gasteiger partial charge in [0, 0.05) is 0 Å². The van der Waals surface area contributed by atoms with E-state index in [0.29, 0.717) is 39.6 Å². The Labute approximate surface area is 82.8 Å². The first-order valence-electron chi connectivity index (χ1n) is 4.85. The molecule has 0 aliphatic carbocycles. The quantitative estimate of drug-likeness (QED) is 0.565. The Balaban J connectivity index is 1.60. The molecular formula is C8H16N2O4. The van der Waals surface area contributed by atoms with E-state index >= 15 is 0 Å². The van der Waals surface area contributed by atoms with Crippen LogP contribution in [0.4, 0.5) is 0 Å². The molecule has 2 fully saturated rings. The minimum Gasteiger partial charge on any atom is -0.375 e. The molecule has 2 atom stereocenters. The maximum atomic E-state index is 5.37. The third-order valence-corrected chi connectivity index (χ3v) is 2.04. The molecule has 2 rings (SSSR count). The summed E-state index contributed by atoms with van der Waals surface area (Å²) in [6.45, 7) is 3.70. The summed E-state index contributed by atoms with van der Waals surface area (Å²) in [5.41, 5.74) is 5.98. The van der Waals surface area contributed by atoms with Gasteiger partial charge in [-0.1, -0.05) is 0 Å². The molecule has 0 radical (unpaired) electrons. The van der Waals surface area contributed by atoms with Crippen molar-refractivity contribution in [2.24, 2.45) is 0 Å². The molecule has 6 nitrogen and oxygen atoms in total. The molecule has 0 bridgehead atoms. The Kier molecular flexibility index (Phi) is 4.11. The Morgan fingerprint density at radius 3 is 1.57 bits per heavy atom. The molecule has 6 heteroatoms. The molecule has 0 saturated carbocycles. The predicted octanol–water partition coefficient (Wildman–Crippen LogP) is -1.17. The molecule has 0 aromatic heterocycles. The third-order valence-electron chi connectivity index (χ3n) is 2.04. The van der Waals surface area contributed by atoms with Gasteiger partial charge in [0.2, 0.25) is 0 Å². The summed E-state index contributed by atoms with van der Waals surface area (Å²) in [7, 11) is 0. The molecule has 2 aliphatic heterocycles. The number of hydrogen-bond acceptors (Lipinski definition) is 6. The average Bonchev–Trinajstić information content (AvgIpc) is 2.29. The number of hydrogen-bond donors (Lipinski definition) is 2. The highest BCUT2D eigenvalue weighted by atomic mass is 16.6. The van der Waals surface area contributed by atoms with E-state index in [4.69, 9.17) is 18.9 Å². The van der Waals surface area contributed by atoms with Gasteiger partial charge in [0.1, 0.15) is 12.5 Å². The first-order chi connectivity index (χ1) is 6.95. The van der Waals surface area contributed by atoms with Crippen LogP contribution in [0, 0.1) is 0 Å². The van der Waals surface area contributed by atoms with E-state index in [1.165, 1.54) is 0 Å². The maximum absolute atomic E-state index is 5.37. The van der Waals surface area contributed by atoms with Crippen LogP contribution in [0.2, 0.25) is 0 Å². The first kappa shape index (κ1) is 10.3. The van der Waals surface area contributed by atoms with Crippen LogP contribution in [0.15, 0.2) is 0 Å². The molecule has 2 unspecified atom stereocenters. The zero-order valence-electron chi connectivity index (χ0n) is 8.03. The molecular weight excluding hydrogens is 188 g/mol. The molecule has 0 spiro atoms. The standard InChI is InChI=1S/C8H16N2O4/c1-3-13-7(5-11-1)9-10-8-6-12-2-4-14-8/h7-10H,1-6H2. The minimum absolute atomic E-state index is 0.103. The van der Waals surface area contributed by atoms with Crippen LogP contribution in [0.1, 0.15) is 0 Å². The second-order valence-electron chi connectivity index (χ2n) is 3.16. The molecule has 14 heavy (non-hydrogen) atoms. The molecule has 2 heterocycles. The Bertz CT molecular complexity index is 139. The van der Waals surface area contributed by atoms with Gasteiger partial charge in [-0.3, -0.25) is 0 Å². The van der Waals surface area contributed by atoms with Crippen molar-refractivity contribution in [1.29, 1.82) is 0 Å². The smallest absolute Gasteiger partial charge is 0.144 e. The van der Waals surface area contributed by atoms with Gasteiger partial charge in [-0.15, -0.1) is 0 Å². The highest BCUT2D eigenvalue weighted by Crippen LogP contribution is 1.98. The monoisotopic (exact) mass is 204 g/mol. The molecule has 2 aliphatic rings. The van der Waals surface area contributed by atoms with Crippen molar-refractivity contribution in [2.45, 2.75) is 12.5 Å². The summed E-state index contributed by atoms with van der Waals surface area (Å²) in [6, 6.07) is 0. The van der Waals surface area contributed by atoms with Crippen molar-refractivity contribution in [2.75, 3.05) is 39.6 Å². The summed E-state index contributed by atoms with van der Waals surface area (Å²) < 4.78 is 21.2. The summed E-state index contributed by atoms with van der Waals surface area (Å²) in [6.07, 6.45) is -0.205. The van der Waals surface area contributed by atoms with Crippen molar-refractivity contribution in [1.82, 2.24) is 10.9 Å². The molecule has 0 aromatic rings. The lowest BCUT2D eigenvalue weighted by molar-refractivity contribution is -0.138. The highest BCUT2D eigenvalue weighted by Gasteiger charge is 2.17. The van der Waals surface area contributed by atoms with Crippen LogP contribution < -0.4 is 10.9 Å². The molecule has 0 aromatic carbocycles. The number of ether oxygens (including phenoxy) is 4. The zero-order valence-corrected chi connectivity index (χ0v) is 8.03. The Morgan fingerprint density at radius 2 is 1.21 bits per heavy atom. The topological polar surface area (TPSA) is 61.0 Å². The van der Waals surface area contributed by atoms with Gasteiger partial charge < -0.3 is 18.9 Å². The van der Waals surface area contributed by atoms with Gasteiger partial charge in [-0.2, -0.15) is 0 Å². The average molecular weight is 204 g/mol. The molecule has 2 saturated heterocycles. The summed E-state index contributed by atoms with van der Waals surface area (Å²) in [4.78, 5) is 0. The van der Waals surface area contributed by atoms with Crippen LogP contribution >= 0.6 is 0 Å². The van der Waals surface area contributed by atoms with E-state index in [9.17, 15) is 0 Å². The van der Waals surface area contributed by atoms with E-state index in [-0.39, 0.29) is 12.5 Å². The number of rotatable bonds is 3. The van der Waals surface area contributed by atoms with Crippen molar-refractivity contribution >= 4 is 0 Å². The van der Waals surface area contributed by atoms with Gasteiger partial charge in [0.05, 0.1) is 39.6 Å². The third kappa shape index (κ3) is 3.16. The van der Waals surface area contributed by atoms with Crippen LogP contribution in [-0.4, -0.2) is 52.1 Å². The van der Waals surface area contributed by atoms with Crippen molar-refractivity contribution in [3.63, 3.8) is 0 Å². The van der Waals surface area contributed by atoms with E-state index in [1.54, 1.807) is 0 Å². The van der Waals surface area contributed by atoms with E-state index in [1.807, 2.05) is 0 Å². The fourth-order valence-corrected chi connectivity index (χ4v) is 1.33. The SMILES string of the molecule is C1COC(NNC2COCCO2)CO1. The lowest BCUT2D eigenvalue weighted by atomic mass is 10.5. The van der Waals surface area contributed by atoms with Gasteiger partial charge in [0.15, 0.2) is 0 Å². The molecule has 0 amide bonds. The van der Waals surface area contributed by atoms with Gasteiger partial charge in [-0.25, -0.2) is 10.9 Å². The van der Waals surface area contributed by atoms with Gasteiger partial charge >= 0.3 is 0 Å². The van der Waals surface area contributed by atoms with Crippen LogP contribution in [-0.2, 0) is 18.9 Å². The predicted molar refractivity (Wildman–Crippen MR) is 47.4 cm³/mol. The Hall–Kier alpha value is -0.240. The second kappa shape index (κ2) is 5.59. The van der Waals surface area contributed by atoms with Gasteiger partial charge in [0.25, 0.3) is 0 Å². The summed E-state index contributed by atoms with van der Waals surface area (Å²) in [5.74, 6) is 0. The van der Waals surface area contributed by atoms with Crippen molar-refractivity contribution < 1.29 is 18.9 Å². The normalized spacial score (nSPS) is 34.3. The van der Waals surface area contributed by atoms with Crippen LogP contribution in [0.3, 0.4) is 0 Å². The molecule has 2 N–H and O–H groups in total. The van der Waals surface area contributed by atoms with E-state index in [2.05, 4.69) is 10.9 Å². The fourth-order valence-electron chi connectivity index (χ4n) is 1.33. The number of nitrogens with one attached hydrogen (secondary N) is 2. The fraction of sp³-hybridized carbons (Fsp3) is 1.00. The largest absolute Gasteiger partial charge is 0.375 e. The van der Waals surface area contributed by atoms with Crippen LogP contribution in [0.25, 0.3) is 0 Å². The highest BCUT2D eigenvalue weighted by molar-refractivity contribution is 4.59. The number of hydrazine groups is 1.